The Morgan fingerprint density at radius 2 is 1.78 bits per heavy atom. The zero-order valence-electron chi connectivity index (χ0n) is 9.42. The van der Waals surface area contributed by atoms with Gasteiger partial charge in [-0.2, -0.15) is 0 Å². The van der Waals surface area contributed by atoms with Crippen LogP contribution in [-0.2, 0) is 0 Å². The van der Waals surface area contributed by atoms with Gasteiger partial charge in [-0.3, -0.25) is 10.1 Å². The molecule has 2 aromatic rings. The van der Waals surface area contributed by atoms with Crippen molar-refractivity contribution in [3.8, 4) is 0 Å². The molecule has 0 aliphatic heterocycles. The third-order valence-electron chi connectivity index (χ3n) is 2.44. The summed E-state index contributed by atoms with van der Waals surface area (Å²) >= 11 is 0. The van der Waals surface area contributed by atoms with Crippen LogP contribution in [0.15, 0.2) is 48.5 Å². The van der Waals surface area contributed by atoms with Gasteiger partial charge in [-0.1, -0.05) is 36.4 Å². The van der Waals surface area contributed by atoms with Crippen LogP contribution in [0.5, 0.6) is 0 Å². The monoisotopic (exact) mass is 243 g/mol. The van der Waals surface area contributed by atoms with Crippen molar-refractivity contribution in [1.29, 1.82) is 0 Å². The van der Waals surface area contributed by atoms with Gasteiger partial charge < -0.3 is 0 Å². The minimum absolute atomic E-state index is 0.108. The van der Waals surface area contributed by atoms with Gasteiger partial charge in [0, 0.05) is 6.07 Å². The summed E-state index contributed by atoms with van der Waals surface area (Å²) in [6.07, 6.45) is 3.25. The number of hydrogen-bond donors (Lipinski definition) is 0. The lowest BCUT2D eigenvalue weighted by atomic mass is 10.1. The van der Waals surface area contributed by atoms with Gasteiger partial charge in [-0.25, -0.2) is 4.39 Å². The maximum atomic E-state index is 13.1. The Bertz CT molecular complexity index is 594. The molecule has 0 aliphatic rings. The molecule has 2 rings (SSSR count). The van der Waals surface area contributed by atoms with Gasteiger partial charge in [0.15, 0.2) is 0 Å². The normalized spacial score (nSPS) is 10.7. The van der Waals surface area contributed by atoms with Crippen molar-refractivity contribution >= 4 is 17.8 Å². The number of benzene rings is 2. The average Bonchev–Trinajstić information content (AvgIpc) is 2.37. The summed E-state index contributed by atoms with van der Waals surface area (Å²) in [7, 11) is 0. The molecule has 0 aliphatic carbocycles. The number of hydrogen-bond acceptors (Lipinski definition) is 2. The highest BCUT2D eigenvalue weighted by Crippen LogP contribution is 2.21. The topological polar surface area (TPSA) is 43.1 Å². The van der Waals surface area contributed by atoms with E-state index in [2.05, 4.69) is 0 Å². The number of nitrogens with zero attached hydrogens (tertiary/aromatic N) is 1. The van der Waals surface area contributed by atoms with Gasteiger partial charge >= 0.3 is 0 Å². The van der Waals surface area contributed by atoms with Crippen molar-refractivity contribution in [2.45, 2.75) is 0 Å². The van der Waals surface area contributed by atoms with Gasteiger partial charge in [-0.05, 0) is 23.8 Å². The smallest absolute Gasteiger partial charge is 0.258 e. The fraction of sp³-hybridized carbons (Fsp3) is 0. The van der Waals surface area contributed by atoms with Crippen LogP contribution in [0.1, 0.15) is 11.1 Å². The second kappa shape index (κ2) is 5.23. The summed E-state index contributed by atoms with van der Waals surface area (Å²) in [5.41, 5.74) is 1.04. The van der Waals surface area contributed by atoms with Crippen LogP contribution in [0.25, 0.3) is 12.2 Å². The first kappa shape index (κ1) is 12.0. The fourth-order valence-corrected chi connectivity index (χ4v) is 1.58. The summed E-state index contributed by atoms with van der Waals surface area (Å²) < 4.78 is 13.1. The van der Waals surface area contributed by atoms with E-state index < -0.39 is 10.7 Å². The van der Waals surface area contributed by atoms with Crippen molar-refractivity contribution in [3.05, 3.63) is 75.6 Å². The van der Waals surface area contributed by atoms with E-state index in [1.165, 1.54) is 12.1 Å². The molecule has 0 unspecified atom stereocenters. The third kappa shape index (κ3) is 2.79. The summed E-state index contributed by atoms with van der Waals surface area (Å²) in [5.74, 6) is -0.492. The molecule has 0 N–H and O–H groups in total. The molecule has 0 heterocycles. The van der Waals surface area contributed by atoms with Gasteiger partial charge in [-0.15, -0.1) is 0 Å². The average molecular weight is 243 g/mol. The number of halogens is 1. The number of nitro benzene ring substituents is 1. The van der Waals surface area contributed by atoms with Crippen molar-refractivity contribution in [2.24, 2.45) is 0 Å². The van der Waals surface area contributed by atoms with Gasteiger partial charge in [0.2, 0.25) is 0 Å². The molecular weight excluding hydrogens is 233 g/mol. The van der Waals surface area contributed by atoms with Gasteiger partial charge in [0.25, 0.3) is 5.69 Å². The molecule has 0 saturated heterocycles. The lowest BCUT2D eigenvalue weighted by Crippen LogP contribution is -1.92. The van der Waals surface area contributed by atoms with E-state index in [4.69, 9.17) is 0 Å². The summed E-state index contributed by atoms with van der Waals surface area (Å²) in [6, 6.07) is 12.7. The maximum Gasteiger partial charge on any atom is 0.276 e. The molecule has 0 aromatic heterocycles. The van der Waals surface area contributed by atoms with E-state index in [9.17, 15) is 14.5 Å². The Balaban J connectivity index is 2.36. The van der Waals surface area contributed by atoms with Crippen LogP contribution >= 0.6 is 0 Å². The molecule has 2 aromatic carbocycles. The van der Waals surface area contributed by atoms with Crippen LogP contribution in [-0.4, -0.2) is 4.92 Å². The highest BCUT2D eigenvalue weighted by Gasteiger charge is 2.11. The second-order valence-corrected chi connectivity index (χ2v) is 3.70. The molecule has 0 bridgehead atoms. The molecular formula is C14H10FNO2. The van der Waals surface area contributed by atoms with Crippen LogP contribution in [0.3, 0.4) is 0 Å². The molecule has 0 fully saturated rings. The Hall–Kier alpha value is -2.49. The van der Waals surface area contributed by atoms with Crippen LogP contribution < -0.4 is 0 Å². The molecule has 0 atom stereocenters. The summed E-state index contributed by atoms with van der Waals surface area (Å²) in [4.78, 5) is 10.3. The zero-order chi connectivity index (χ0) is 13.0. The van der Waals surface area contributed by atoms with Crippen molar-refractivity contribution in [2.75, 3.05) is 0 Å². The quantitative estimate of drug-likeness (QED) is 0.466. The Labute approximate surface area is 103 Å². The second-order valence-electron chi connectivity index (χ2n) is 3.70. The first-order valence-electron chi connectivity index (χ1n) is 5.34. The lowest BCUT2D eigenvalue weighted by Gasteiger charge is -1.98. The largest absolute Gasteiger partial charge is 0.276 e. The van der Waals surface area contributed by atoms with Crippen molar-refractivity contribution in [1.82, 2.24) is 0 Å². The summed E-state index contributed by atoms with van der Waals surface area (Å²) in [5, 5.41) is 10.8. The Morgan fingerprint density at radius 1 is 1.06 bits per heavy atom. The van der Waals surface area contributed by atoms with E-state index in [0.717, 1.165) is 17.7 Å². The number of rotatable bonds is 3. The van der Waals surface area contributed by atoms with Crippen LogP contribution in [0.2, 0.25) is 0 Å². The Kier molecular flexibility index (Phi) is 3.48. The molecule has 90 valence electrons. The maximum absolute atomic E-state index is 13.1. The minimum atomic E-state index is -0.524. The molecule has 0 spiro atoms. The van der Waals surface area contributed by atoms with E-state index in [0.29, 0.717) is 0 Å². The first-order valence-corrected chi connectivity index (χ1v) is 5.34. The van der Waals surface area contributed by atoms with Crippen LogP contribution in [0, 0.1) is 15.9 Å². The molecule has 0 saturated carbocycles. The fourth-order valence-electron chi connectivity index (χ4n) is 1.58. The predicted octanol–water partition coefficient (Wildman–Crippen LogP) is 3.90. The lowest BCUT2D eigenvalue weighted by molar-refractivity contribution is -0.385. The van der Waals surface area contributed by atoms with E-state index in [-0.39, 0.29) is 11.3 Å². The third-order valence-corrected chi connectivity index (χ3v) is 2.44. The Morgan fingerprint density at radius 3 is 2.44 bits per heavy atom. The highest BCUT2D eigenvalue weighted by molar-refractivity contribution is 5.74. The number of nitro groups is 1. The van der Waals surface area contributed by atoms with Crippen molar-refractivity contribution in [3.63, 3.8) is 0 Å². The highest BCUT2D eigenvalue weighted by atomic mass is 19.1. The molecule has 3 nitrogen and oxygen atoms in total. The zero-order valence-corrected chi connectivity index (χ0v) is 9.42. The molecule has 0 radical (unpaired) electrons. The first-order chi connectivity index (χ1) is 8.66. The standard InChI is InChI=1S/C14H10FNO2/c15-13-8-9-14(16(17)18)12(10-13)7-6-11-4-2-1-3-5-11/h1-10H/b7-6+. The van der Waals surface area contributed by atoms with E-state index >= 15 is 0 Å². The van der Waals surface area contributed by atoms with E-state index in [1.54, 1.807) is 6.08 Å². The molecule has 0 amide bonds. The van der Waals surface area contributed by atoms with Crippen LogP contribution in [0.4, 0.5) is 10.1 Å². The molecule has 18 heavy (non-hydrogen) atoms. The van der Waals surface area contributed by atoms with Gasteiger partial charge in [0.05, 0.1) is 10.5 Å². The summed E-state index contributed by atoms with van der Waals surface area (Å²) in [6.45, 7) is 0. The predicted molar refractivity (Wildman–Crippen MR) is 68.4 cm³/mol. The SMILES string of the molecule is O=[N+]([O-])c1ccc(F)cc1/C=C/c1ccccc1. The van der Waals surface area contributed by atoms with Gasteiger partial charge in [0.1, 0.15) is 5.82 Å². The van der Waals surface area contributed by atoms with Crippen molar-refractivity contribution < 1.29 is 9.31 Å². The molecule has 4 heteroatoms. The van der Waals surface area contributed by atoms with E-state index in [1.807, 2.05) is 30.3 Å². The minimum Gasteiger partial charge on any atom is -0.258 e.